The summed E-state index contributed by atoms with van der Waals surface area (Å²) >= 11 is 0. The molecule has 0 aliphatic carbocycles. The number of hydrogen-bond donors (Lipinski definition) is 1. The molecule has 4 rings (SSSR count). The quantitative estimate of drug-likeness (QED) is 0.217. The Balaban J connectivity index is 1.68. The van der Waals surface area contributed by atoms with Gasteiger partial charge in [0.05, 0.1) is 39.9 Å². The highest BCUT2D eigenvalue weighted by Gasteiger charge is 2.32. The maximum atomic E-state index is 13.0. The Kier molecular flexibility index (Phi) is 8.35. The second-order valence-corrected chi connectivity index (χ2v) is 8.44. The Morgan fingerprint density at radius 2 is 1.68 bits per heavy atom. The zero-order valence-electron chi connectivity index (χ0n) is 22.5. The molecule has 0 bridgehead atoms. The minimum Gasteiger partial charge on any atom is -0.493 e. The van der Waals surface area contributed by atoms with E-state index in [2.05, 4.69) is 12.6 Å². The van der Waals surface area contributed by atoms with Crippen LogP contribution in [0.4, 0.5) is 0 Å². The fourth-order valence-electron chi connectivity index (χ4n) is 4.34. The summed E-state index contributed by atoms with van der Waals surface area (Å²) in [6, 6.07) is 15.4. The third-order valence-corrected chi connectivity index (χ3v) is 6.18. The summed E-state index contributed by atoms with van der Waals surface area (Å²) in [5.41, 5.74) is 7.95. The SMILES string of the molecule is C=CCOc1ccc(C2C(C#N)=C(N)Oc3cc(OC(=O)c4cc(OC)c(OC)c(OC)c4)ccc32)cc1OC. The zero-order chi connectivity index (χ0) is 28.8. The molecule has 10 nitrogen and oxygen atoms in total. The van der Waals surface area contributed by atoms with E-state index in [-0.39, 0.29) is 22.8 Å². The van der Waals surface area contributed by atoms with Gasteiger partial charge in [-0.2, -0.15) is 5.26 Å². The number of allylic oxidation sites excluding steroid dienone is 1. The smallest absolute Gasteiger partial charge is 0.343 e. The van der Waals surface area contributed by atoms with Crippen molar-refractivity contribution in [1.29, 1.82) is 5.26 Å². The molecule has 0 aromatic heterocycles. The van der Waals surface area contributed by atoms with E-state index in [1.54, 1.807) is 30.3 Å². The van der Waals surface area contributed by atoms with Crippen LogP contribution in [0.15, 0.2) is 72.6 Å². The third kappa shape index (κ3) is 5.31. The van der Waals surface area contributed by atoms with Gasteiger partial charge < -0.3 is 38.9 Å². The number of methoxy groups -OCH3 is 4. The Hall–Kier alpha value is -5.30. The molecular formula is C30H28N2O8. The minimum absolute atomic E-state index is 0.0564. The maximum Gasteiger partial charge on any atom is 0.343 e. The van der Waals surface area contributed by atoms with Crippen molar-refractivity contribution in [2.24, 2.45) is 5.73 Å². The summed E-state index contributed by atoms with van der Waals surface area (Å²) in [4.78, 5) is 13.0. The molecule has 40 heavy (non-hydrogen) atoms. The van der Waals surface area contributed by atoms with Gasteiger partial charge in [0.15, 0.2) is 23.0 Å². The van der Waals surface area contributed by atoms with Gasteiger partial charge in [-0.25, -0.2) is 4.79 Å². The lowest BCUT2D eigenvalue weighted by atomic mass is 9.83. The number of hydrogen-bond acceptors (Lipinski definition) is 10. The fraction of sp³-hybridized carbons (Fsp3) is 0.200. The van der Waals surface area contributed by atoms with Crippen molar-refractivity contribution < 1.29 is 38.0 Å². The largest absolute Gasteiger partial charge is 0.493 e. The number of rotatable bonds is 10. The normalized spacial score (nSPS) is 13.7. The number of esters is 1. The number of benzene rings is 3. The van der Waals surface area contributed by atoms with Crippen LogP contribution in [0.3, 0.4) is 0 Å². The summed E-state index contributed by atoms with van der Waals surface area (Å²) in [7, 11) is 5.91. The Morgan fingerprint density at radius 3 is 2.27 bits per heavy atom. The van der Waals surface area contributed by atoms with Crippen LogP contribution in [0.2, 0.25) is 0 Å². The van der Waals surface area contributed by atoms with Crippen LogP contribution in [-0.2, 0) is 0 Å². The molecule has 1 aliphatic heterocycles. The molecule has 1 unspecified atom stereocenters. The molecule has 1 heterocycles. The summed E-state index contributed by atoms with van der Waals surface area (Å²) in [6.07, 6.45) is 1.63. The molecule has 0 saturated carbocycles. The summed E-state index contributed by atoms with van der Waals surface area (Å²) in [5, 5.41) is 9.90. The molecule has 1 aliphatic rings. The summed E-state index contributed by atoms with van der Waals surface area (Å²) < 4.78 is 38.5. The van der Waals surface area contributed by atoms with Crippen LogP contribution in [0.1, 0.15) is 27.4 Å². The summed E-state index contributed by atoms with van der Waals surface area (Å²) in [6.45, 7) is 3.97. The molecule has 10 heteroatoms. The lowest BCUT2D eigenvalue weighted by molar-refractivity contribution is 0.0733. The van der Waals surface area contributed by atoms with Crippen molar-refractivity contribution in [3.05, 3.63) is 89.3 Å². The lowest BCUT2D eigenvalue weighted by Gasteiger charge is -2.27. The number of carbonyl (C=O) groups is 1. The van der Waals surface area contributed by atoms with Gasteiger partial charge in [0.2, 0.25) is 11.6 Å². The van der Waals surface area contributed by atoms with Gasteiger partial charge in [0.25, 0.3) is 0 Å². The second kappa shape index (κ2) is 12.0. The van der Waals surface area contributed by atoms with Crippen molar-refractivity contribution in [2.45, 2.75) is 5.92 Å². The van der Waals surface area contributed by atoms with Gasteiger partial charge in [-0.05, 0) is 35.9 Å². The van der Waals surface area contributed by atoms with Crippen LogP contribution < -0.4 is 38.9 Å². The van der Waals surface area contributed by atoms with Crippen LogP contribution in [0.5, 0.6) is 40.2 Å². The van der Waals surface area contributed by atoms with E-state index < -0.39 is 11.9 Å². The first kappa shape index (κ1) is 27.7. The Labute approximate surface area is 231 Å². The first-order valence-electron chi connectivity index (χ1n) is 12.0. The molecule has 2 N–H and O–H groups in total. The number of carbonyl (C=O) groups excluding carboxylic acids is 1. The highest BCUT2D eigenvalue weighted by Crippen LogP contribution is 2.45. The number of nitrogens with zero attached hydrogens (tertiary/aromatic N) is 1. The number of ether oxygens (including phenoxy) is 7. The first-order valence-corrected chi connectivity index (χ1v) is 12.0. The van der Waals surface area contributed by atoms with Crippen molar-refractivity contribution >= 4 is 5.97 Å². The molecule has 3 aromatic carbocycles. The molecule has 0 spiro atoms. The van der Waals surface area contributed by atoms with Crippen molar-refractivity contribution in [3.63, 3.8) is 0 Å². The third-order valence-electron chi connectivity index (χ3n) is 6.18. The van der Waals surface area contributed by atoms with Crippen LogP contribution >= 0.6 is 0 Å². The molecule has 0 amide bonds. The predicted molar refractivity (Wildman–Crippen MR) is 145 cm³/mol. The Bertz CT molecular complexity index is 1500. The second-order valence-electron chi connectivity index (χ2n) is 8.44. The van der Waals surface area contributed by atoms with Crippen molar-refractivity contribution in [3.8, 4) is 46.3 Å². The zero-order valence-corrected chi connectivity index (χ0v) is 22.5. The van der Waals surface area contributed by atoms with Crippen molar-refractivity contribution in [2.75, 3.05) is 35.0 Å². The van der Waals surface area contributed by atoms with Gasteiger partial charge in [0.1, 0.15) is 29.7 Å². The standard InChI is InChI=1S/C30H28N2O8/c1-6-11-38-22-10-7-17(12-24(22)34-2)27-20-9-8-19(15-23(20)40-29(32)21(27)16-31)39-30(33)18-13-25(35-3)28(37-5)26(14-18)36-4/h6-10,12-15,27H,1,11,32H2,2-5H3. The predicted octanol–water partition coefficient (Wildman–Crippen LogP) is 4.72. The monoisotopic (exact) mass is 544 g/mol. The topological polar surface area (TPSA) is 131 Å². The maximum absolute atomic E-state index is 13.0. The molecule has 1 atom stereocenters. The van der Waals surface area contributed by atoms with Crippen LogP contribution in [-0.4, -0.2) is 41.0 Å². The van der Waals surface area contributed by atoms with E-state index >= 15 is 0 Å². The number of nitriles is 1. The van der Waals surface area contributed by atoms with E-state index in [0.717, 1.165) is 5.56 Å². The van der Waals surface area contributed by atoms with E-state index in [1.807, 2.05) is 6.07 Å². The molecule has 0 radical (unpaired) electrons. The van der Waals surface area contributed by atoms with Crippen LogP contribution in [0.25, 0.3) is 0 Å². The van der Waals surface area contributed by atoms with Gasteiger partial charge in [0, 0.05) is 11.6 Å². The van der Waals surface area contributed by atoms with Gasteiger partial charge in [-0.3, -0.25) is 0 Å². The highest BCUT2D eigenvalue weighted by molar-refractivity contribution is 5.92. The average molecular weight is 545 g/mol. The molecule has 0 fully saturated rings. The molecule has 206 valence electrons. The van der Waals surface area contributed by atoms with E-state index in [1.165, 1.54) is 46.6 Å². The van der Waals surface area contributed by atoms with Crippen molar-refractivity contribution in [1.82, 2.24) is 0 Å². The molecule has 0 saturated heterocycles. The van der Waals surface area contributed by atoms with E-state index in [9.17, 15) is 10.1 Å². The van der Waals surface area contributed by atoms with Gasteiger partial charge in [-0.15, -0.1) is 0 Å². The Morgan fingerprint density at radius 1 is 0.975 bits per heavy atom. The molecule has 3 aromatic rings. The fourth-order valence-corrected chi connectivity index (χ4v) is 4.34. The average Bonchev–Trinajstić information content (AvgIpc) is 2.98. The van der Waals surface area contributed by atoms with Gasteiger partial charge >= 0.3 is 5.97 Å². The highest BCUT2D eigenvalue weighted by atomic mass is 16.5. The number of fused-ring (bicyclic) bond motifs is 1. The summed E-state index contributed by atoms with van der Waals surface area (Å²) in [5.74, 6) is 1.25. The van der Waals surface area contributed by atoms with Crippen LogP contribution in [0, 0.1) is 11.3 Å². The van der Waals surface area contributed by atoms with Gasteiger partial charge in [-0.1, -0.05) is 24.8 Å². The van der Waals surface area contributed by atoms with E-state index in [4.69, 9.17) is 38.9 Å². The van der Waals surface area contributed by atoms with E-state index in [0.29, 0.717) is 46.7 Å². The minimum atomic E-state index is -0.660. The lowest BCUT2D eigenvalue weighted by Crippen LogP contribution is -2.21. The molecular weight excluding hydrogens is 516 g/mol. The number of nitrogens with two attached hydrogens (primary N) is 1. The first-order chi connectivity index (χ1) is 19.4.